The highest BCUT2D eigenvalue weighted by Gasteiger charge is 2.50. The average Bonchev–Trinajstić information content (AvgIpc) is 2.99. The van der Waals surface area contributed by atoms with Crippen LogP contribution in [0, 0.1) is 5.82 Å². The summed E-state index contributed by atoms with van der Waals surface area (Å²) in [5.74, 6) is -1.50. The fraction of sp³-hybridized carbons (Fsp3) is 0.324. The van der Waals surface area contributed by atoms with E-state index < -0.39 is 19.9 Å². The molecule has 4 aromatic rings. The van der Waals surface area contributed by atoms with E-state index in [2.05, 4.69) is 55.0 Å². The minimum Gasteiger partial charge on any atom is -0.401 e. The third-order valence-electron chi connectivity index (χ3n) is 7.82. The maximum absolute atomic E-state index is 16.0. The highest BCUT2D eigenvalue weighted by atomic mass is 35.5. The van der Waals surface area contributed by atoms with Gasteiger partial charge in [0, 0.05) is 19.3 Å². The van der Waals surface area contributed by atoms with E-state index in [4.69, 9.17) is 20.8 Å². The van der Waals surface area contributed by atoms with Crippen molar-refractivity contribution in [2.45, 2.75) is 58.5 Å². The van der Waals surface area contributed by atoms with Crippen molar-refractivity contribution in [3.8, 4) is 0 Å². The van der Waals surface area contributed by atoms with Crippen LogP contribution >= 0.6 is 11.6 Å². The van der Waals surface area contributed by atoms with Gasteiger partial charge in [0.1, 0.15) is 10.7 Å². The van der Waals surface area contributed by atoms with Crippen molar-refractivity contribution in [3.63, 3.8) is 0 Å². The molecule has 0 N–H and O–H groups in total. The van der Waals surface area contributed by atoms with Crippen molar-refractivity contribution in [3.05, 3.63) is 113 Å². The van der Waals surface area contributed by atoms with E-state index in [9.17, 15) is 4.79 Å². The van der Waals surface area contributed by atoms with E-state index in [-0.39, 0.29) is 40.3 Å². The normalized spacial score (nSPS) is 17.6. The molecule has 5 rings (SSSR count). The van der Waals surface area contributed by atoms with Gasteiger partial charge in [-0.05, 0) is 41.4 Å². The van der Waals surface area contributed by atoms with Gasteiger partial charge in [-0.3, -0.25) is 9.78 Å². The molecule has 1 aliphatic heterocycles. The molecule has 0 bridgehead atoms. The number of halogens is 2. The summed E-state index contributed by atoms with van der Waals surface area (Å²) in [5, 5.41) is 1.74. The van der Waals surface area contributed by atoms with Crippen molar-refractivity contribution in [1.29, 1.82) is 0 Å². The zero-order chi connectivity index (χ0) is 30.8. The average molecular weight is 618 g/mol. The fourth-order valence-electron chi connectivity index (χ4n) is 6.06. The van der Waals surface area contributed by atoms with E-state index in [0.29, 0.717) is 24.5 Å². The van der Waals surface area contributed by atoms with Gasteiger partial charge in [0.15, 0.2) is 11.5 Å². The summed E-state index contributed by atoms with van der Waals surface area (Å²) in [4.78, 5) is 24.3. The maximum atomic E-state index is 16.0. The number of benzene rings is 2. The highest BCUT2D eigenvalue weighted by Crippen LogP contribution is 2.40. The second kappa shape index (κ2) is 12.7. The van der Waals surface area contributed by atoms with E-state index in [0.717, 1.165) is 10.4 Å². The quantitative estimate of drug-likeness (QED) is 0.174. The first-order valence-corrected chi connectivity index (χ1v) is 16.8. The topological polar surface area (TPSA) is 64.5 Å². The Kier molecular flexibility index (Phi) is 9.13. The van der Waals surface area contributed by atoms with Gasteiger partial charge in [0.2, 0.25) is 5.78 Å². The zero-order valence-corrected chi connectivity index (χ0v) is 26.9. The molecular weight excluding hydrogens is 581 g/mol. The Bertz CT molecular complexity index is 1520. The standard InChI is InChI=1S/C34H37ClFN3O3Si/c1-23-20-39(21-24(2)42-23)32-28(38-31(30(36)29(32)35)33(40)27-18-12-13-19-37-27)22-41-43(34(3,4)5,25-14-8-6-9-15-25)26-16-10-7-11-17-26/h6-19,23-24H,20-22H2,1-5H3. The SMILES string of the molecule is CC1CN(c2c(CO[Si](c3ccccc3)(c3ccccc3)C(C)(C)C)nc(C(=O)c3ccccn3)c(F)c2Cl)CC(C)O1. The first-order chi connectivity index (χ1) is 20.5. The number of anilines is 1. The molecule has 0 saturated carbocycles. The molecule has 2 atom stereocenters. The minimum atomic E-state index is -2.99. The Labute approximate surface area is 259 Å². The largest absolute Gasteiger partial charge is 0.401 e. The summed E-state index contributed by atoms with van der Waals surface area (Å²) in [5.41, 5.74) is 0.546. The molecule has 2 unspecified atom stereocenters. The van der Waals surface area contributed by atoms with Gasteiger partial charge in [-0.2, -0.15) is 0 Å². The highest BCUT2D eigenvalue weighted by molar-refractivity contribution is 6.99. The van der Waals surface area contributed by atoms with Crippen LogP contribution in [-0.4, -0.2) is 49.4 Å². The number of carbonyl (C=O) groups is 1. The van der Waals surface area contributed by atoms with Crippen molar-refractivity contribution in [2.75, 3.05) is 18.0 Å². The molecule has 3 heterocycles. The molecule has 2 aromatic heterocycles. The molecule has 0 spiro atoms. The Morgan fingerprint density at radius 1 is 0.977 bits per heavy atom. The number of ether oxygens (including phenoxy) is 1. The van der Waals surface area contributed by atoms with Crippen LogP contribution in [0.1, 0.15) is 56.5 Å². The zero-order valence-electron chi connectivity index (χ0n) is 25.2. The smallest absolute Gasteiger partial charge is 0.261 e. The number of hydrogen-bond acceptors (Lipinski definition) is 6. The number of ketones is 1. The van der Waals surface area contributed by atoms with Crippen LogP contribution in [0.3, 0.4) is 0 Å². The summed E-state index contributed by atoms with van der Waals surface area (Å²) < 4.78 is 29.1. The van der Waals surface area contributed by atoms with Crippen LogP contribution in [-0.2, 0) is 15.8 Å². The number of pyridine rings is 2. The van der Waals surface area contributed by atoms with Gasteiger partial charge >= 0.3 is 0 Å². The van der Waals surface area contributed by atoms with Gasteiger partial charge in [0.05, 0.1) is 30.2 Å². The van der Waals surface area contributed by atoms with E-state index in [1.165, 1.54) is 12.3 Å². The molecule has 224 valence electrons. The Balaban J connectivity index is 1.68. The summed E-state index contributed by atoms with van der Waals surface area (Å²) in [7, 11) is -2.99. The van der Waals surface area contributed by atoms with Gasteiger partial charge in [-0.15, -0.1) is 0 Å². The monoisotopic (exact) mass is 617 g/mol. The Morgan fingerprint density at radius 3 is 2.05 bits per heavy atom. The number of morpholine rings is 1. The maximum Gasteiger partial charge on any atom is 0.261 e. The molecule has 1 fully saturated rings. The molecule has 9 heteroatoms. The second-order valence-corrected chi connectivity index (χ2v) is 16.7. The lowest BCUT2D eigenvalue weighted by Gasteiger charge is -2.43. The van der Waals surface area contributed by atoms with E-state index in [1.54, 1.807) is 12.1 Å². The number of carbonyl (C=O) groups excluding carboxylic acids is 1. The van der Waals surface area contributed by atoms with Crippen molar-refractivity contribution in [2.24, 2.45) is 0 Å². The minimum absolute atomic E-state index is 0.0191. The first kappa shape index (κ1) is 31.0. The molecule has 1 aliphatic rings. The van der Waals surface area contributed by atoms with Gasteiger partial charge in [-0.1, -0.05) is 99.1 Å². The van der Waals surface area contributed by atoms with Crippen molar-refractivity contribution >= 4 is 41.8 Å². The van der Waals surface area contributed by atoms with Gasteiger partial charge in [-0.25, -0.2) is 9.37 Å². The summed E-state index contributed by atoms with van der Waals surface area (Å²) >= 11 is 6.82. The van der Waals surface area contributed by atoms with Gasteiger partial charge in [0.25, 0.3) is 8.32 Å². The molecule has 1 saturated heterocycles. The third kappa shape index (κ3) is 6.15. The molecule has 0 radical (unpaired) electrons. The molecule has 0 aliphatic carbocycles. The predicted octanol–water partition coefficient (Wildman–Crippen LogP) is 6.19. The summed E-state index contributed by atoms with van der Waals surface area (Å²) in [6, 6.07) is 25.4. The van der Waals surface area contributed by atoms with Crippen LogP contribution in [0.25, 0.3) is 0 Å². The lowest BCUT2D eigenvalue weighted by Crippen LogP contribution is -2.66. The second-order valence-electron chi connectivity index (χ2n) is 12.0. The predicted molar refractivity (Wildman–Crippen MR) is 172 cm³/mol. The fourth-order valence-corrected chi connectivity index (χ4v) is 10.9. The molecule has 0 amide bonds. The molecule has 43 heavy (non-hydrogen) atoms. The van der Waals surface area contributed by atoms with Crippen LogP contribution < -0.4 is 15.3 Å². The summed E-state index contributed by atoms with van der Waals surface area (Å²) in [6.07, 6.45) is 1.27. The van der Waals surface area contributed by atoms with Crippen molar-refractivity contribution in [1.82, 2.24) is 9.97 Å². The van der Waals surface area contributed by atoms with Crippen molar-refractivity contribution < 1.29 is 18.3 Å². The number of aromatic nitrogens is 2. The van der Waals surface area contributed by atoms with Crippen LogP contribution in [0.2, 0.25) is 10.1 Å². The number of rotatable bonds is 8. The first-order valence-electron chi connectivity index (χ1n) is 14.5. The molecular formula is C34H37ClFN3O3Si. The molecule has 6 nitrogen and oxygen atoms in total. The lowest BCUT2D eigenvalue weighted by molar-refractivity contribution is -0.00535. The number of hydrogen-bond donors (Lipinski definition) is 0. The number of nitrogens with zero attached hydrogens (tertiary/aromatic N) is 3. The van der Waals surface area contributed by atoms with E-state index >= 15 is 4.39 Å². The van der Waals surface area contributed by atoms with Gasteiger partial charge < -0.3 is 14.1 Å². The summed E-state index contributed by atoms with van der Waals surface area (Å²) in [6.45, 7) is 11.5. The Hall–Kier alpha value is -3.43. The van der Waals surface area contributed by atoms with E-state index in [1.807, 2.05) is 55.1 Å². The van der Waals surface area contributed by atoms with Crippen LogP contribution in [0.5, 0.6) is 0 Å². The Morgan fingerprint density at radius 2 is 1.53 bits per heavy atom. The van der Waals surface area contributed by atoms with Crippen LogP contribution in [0.4, 0.5) is 10.1 Å². The molecule has 2 aromatic carbocycles. The third-order valence-corrected chi connectivity index (χ3v) is 13.1. The lowest BCUT2D eigenvalue weighted by atomic mass is 10.1. The van der Waals surface area contributed by atoms with Crippen LogP contribution in [0.15, 0.2) is 85.1 Å².